The van der Waals surface area contributed by atoms with E-state index in [0.717, 1.165) is 16.9 Å². The third-order valence-corrected chi connectivity index (χ3v) is 7.53. The van der Waals surface area contributed by atoms with Crippen molar-refractivity contribution in [1.29, 1.82) is 0 Å². The van der Waals surface area contributed by atoms with Crippen molar-refractivity contribution < 1.29 is 13.2 Å². The number of benzene rings is 1. The Bertz CT molecular complexity index is 1170. The van der Waals surface area contributed by atoms with Gasteiger partial charge in [0.15, 0.2) is 15.0 Å². The number of hydrogen-bond acceptors (Lipinski definition) is 7. The second-order valence-corrected chi connectivity index (χ2v) is 10.5. The molecule has 1 aliphatic rings. The zero-order valence-corrected chi connectivity index (χ0v) is 18.3. The molecular formula is C19H22N6O3S2. The van der Waals surface area contributed by atoms with Gasteiger partial charge in [0.1, 0.15) is 12.1 Å². The van der Waals surface area contributed by atoms with Crippen molar-refractivity contribution in [3.8, 4) is 5.69 Å². The summed E-state index contributed by atoms with van der Waals surface area (Å²) in [6.07, 6.45) is 2.12. The summed E-state index contributed by atoms with van der Waals surface area (Å²) in [5.41, 5.74) is 2.80. The number of amides is 1. The summed E-state index contributed by atoms with van der Waals surface area (Å²) in [6.45, 7) is 3.83. The normalized spacial score (nSPS) is 17.9. The smallest absolute Gasteiger partial charge is 0.235 e. The Morgan fingerprint density at radius 1 is 1.27 bits per heavy atom. The van der Waals surface area contributed by atoms with Crippen molar-refractivity contribution in [2.75, 3.05) is 22.6 Å². The van der Waals surface area contributed by atoms with E-state index in [1.54, 1.807) is 17.1 Å². The Morgan fingerprint density at radius 2 is 2.03 bits per heavy atom. The van der Waals surface area contributed by atoms with E-state index in [0.29, 0.717) is 17.4 Å². The highest BCUT2D eigenvalue weighted by Gasteiger charge is 2.31. The molecule has 0 aliphatic carbocycles. The monoisotopic (exact) mass is 446 g/mol. The van der Waals surface area contributed by atoms with Gasteiger partial charge in [-0.15, -0.1) is 10.2 Å². The molecule has 1 unspecified atom stereocenters. The van der Waals surface area contributed by atoms with Crippen LogP contribution in [0.5, 0.6) is 0 Å². The predicted octanol–water partition coefficient (Wildman–Crippen LogP) is 2.17. The van der Waals surface area contributed by atoms with Crippen molar-refractivity contribution in [1.82, 2.24) is 24.5 Å². The summed E-state index contributed by atoms with van der Waals surface area (Å²) >= 11 is 1.28. The van der Waals surface area contributed by atoms with E-state index in [1.165, 1.54) is 11.8 Å². The zero-order valence-electron chi connectivity index (χ0n) is 16.6. The predicted molar refractivity (Wildman–Crippen MR) is 115 cm³/mol. The molecule has 1 amide bonds. The van der Waals surface area contributed by atoms with Gasteiger partial charge in [-0.25, -0.2) is 13.1 Å². The molecule has 0 spiro atoms. The maximum absolute atomic E-state index is 12.6. The summed E-state index contributed by atoms with van der Waals surface area (Å²) in [4.78, 5) is 12.6. The fraction of sp³-hybridized carbons (Fsp3) is 0.368. The molecule has 0 saturated carbocycles. The average Bonchev–Trinajstić information content (AvgIpc) is 3.39. The molecule has 11 heteroatoms. The Labute approximate surface area is 178 Å². The molecule has 1 aliphatic heterocycles. The quantitative estimate of drug-likeness (QED) is 0.578. The number of hydrogen-bond donors (Lipinski definition) is 1. The van der Waals surface area contributed by atoms with Gasteiger partial charge in [0.25, 0.3) is 0 Å². The number of carbonyl (C=O) groups excluding carboxylic acids is 1. The van der Waals surface area contributed by atoms with E-state index in [-0.39, 0.29) is 29.2 Å². The molecule has 2 aromatic heterocycles. The second-order valence-electron chi connectivity index (χ2n) is 7.33. The van der Waals surface area contributed by atoms with E-state index in [9.17, 15) is 13.2 Å². The van der Waals surface area contributed by atoms with Crippen LogP contribution in [0.15, 0.2) is 41.8 Å². The SMILES string of the molecule is Cc1ccc(-n2cnnc2SCC(=O)Nc2cc(C)nn2C2CCS(=O)(=O)C2)cc1. The Hall–Kier alpha value is -2.66. The fourth-order valence-electron chi connectivity index (χ4n) is 3.37. The van der Waals surface area contributed by atoms with Crippen LogP contribution in [-0.4, -0.2) is 56.1 Å². The molecule has 3 aromatic rings. The third kappa shape index (κ3) is 4.57. The van der Waals surface area contributed by atoms with E-state index in [1.807, 2.05) is 42.7 Å². The van der Waals surface area contributed by atoms with Crippen LogP contribution in [-0.2, 0) is 14.6 Å². The number of anilines is 1. The maximum atomic E-state index is 12.6. The molecule has 9 nitrogen and oxygen atoms in total. The molecule has 4 rings (SSSR count). The topological polar surface area (TPSA) is 112 Å². The minimum atomic E-state index is -3.05. The van der Waals surface area contributed by atoms with Crippen molar-refractivity contribution in [2.45, 2.75) is 31.5 Å². The minimum Gasteiger partial charge on any atom is -0.310 e. The van der Waals surface area contributed by atoms with Gasteiger partial charge in [0.2, 0.25) is 5.91 Å². The number of rotatable bonds is 6. The highest BCUT2D eigenvalue weighted by molar-refractivity contribution is 7.99. The number of carbonyl (C=O) groups is 1. The van der Waals surface area contributed by atoms with Gasteiger partial charge >= 0.3 is 0 Å². The number of nitrogens with one attached hydrogen (secondary N) is 1. The molecule has 3 heterocycles. The molecule has 1 atom stereocenters. The van der Waals surface area contributed by atoms with Crippen molar-refractivity contribution in [3.63, 3.8) is 0 Å². The average molecular weight is 447 g/mol. The Balaban J connectivity index is 1.42. The summed E-state index contributed by atoms with van der Waals surface area (Å²) in [7, 11) is -3.05. The Kier molecular flexibility index (Phi) is 5.65. The lowest BCUT2D eigenvalue weighted by atomic mass is 10.2. The number of thioether (sulfide) groups is 1. The van der Waals surface area contributed by atoms with Gasteiger partial charge in [-0.05, 0) is 32.4 Å². The summed E-state index contributed by atoms with van der Waals surface area (Å²) in [5.74, 6) is 0.623. The number of sulfone groups is 1. The summed E-state index contributed by atoms with van der Waals surface area (Å²) < 4.78 is 27.1. The molecule has 30 heavy (non-hydrogen) atoms. The lowest BCUT2D eigenvalue weighted by molar-refractivity contribution is -0.113. The van der Waals surface area contributed by atoms with Crippen molar-refractivity contribution in [3.05, 3.63) is 47.9 Å². The first kappa shape index (κ1) is 20.6. The van der Waals surface area contributed by atoms with Gasteiger partial charge in [-0.1, -0.05) is 29.5 Å². The first-order valence-corrected chi connectivity index (χ1v) is 12.3. The molecule has 1 saturated heterocycles. The highest BCUT2D eigenvalue weighted by atomic mass is 32.2. The van der Waals surface area contributed by atoms with E-state index in [4.69, 9.17) is 0 Å². The van der Waals surface area contributed by atoms with E-state index in [2.05, 4.69) is 20.6 Å². The largest absolute Gasteiger partial charge is 0.310 e. The number of nitrogens with zero attached hydrogens (tertiary/aromatic N) is 5. The van der Waals surface area contributed by atoms with Crippen LogP contribution >= 0.6 is 11.8 Å². The molecule has 1 fully saturated rings. The van der Waals surface area contributed by atoms with Crippen LogP contribution in [0, 0.1) is 13.8 Å². The first-order chi connectivity index (χ1) is 14.3. The summed E-state index contributed by atoms with van der Waals surface area (Å²) in [5, 5.41) is 15.9. The van der Waals surface area contributed by atoms with E-state index < -0.39 is 9.84 Å². The molecule has 1 N–H and O–H groups in total. The van der Waals surface area contributed by atoms with Gasteiger partial charge in [0, 0.05) is 11.8 Å². The van der Waals surface area contributed by atoms with Crippen molar-refractivity contribution in [2.24, 2.45) is 0 Å². The zero-order chi connectivity index (χ0) is 21.3. The molecule has 0 bridgehead atoms. The number of aromatic nitrogens is 5. The van der Waals surface area contributed by atoms with Crippen molar-refractivity contribution >= 4 is 33.3 Å². The van der Waals surface area contributed by atoms with Crippen LogP contribution in [0.2, 0.25) is 0 Å². The highest BCUT2D eigenvalue weighted by Crippen LogP contribution is 2.27. The second kappa shape index (κ2) is 8.23. The lowest BCUT2D eigenvalue weighted by Gasteiger charge is -2.13. The van der Waals surface area contributed by atoms with Crippen LogP contribution in [0.1, 0.15) is 23.7 Å². The van der Waals surface area contributed by atoms with Crippen LogP contribution in [0.3, 0.4) is 0 Å². The molecule has 158 valence electrons. The van der Waals surface area contributed by atoms with Gasteiger partial charge < -0.3 is 5.32 Å². The number of aryl methyl sites for hydroxylation is 2. The molecule has 1 aromatic carbocycles. The van der Waals surface area contributed by atoms with Gasteiger partial charge in [-0.3, -0.25) is 9.36 Å². The molecular weight excluding hydrogens is 424 g/mol. The Morgan fingerprint density at radius 3 is 2.73 bits per heavy atom. The first-order valence-electron chi connectivity index (χ1n) is 9.47. The standard InChI is InChI=1S/C19H22N6O3S2/c1-13-3-5-15(6-4-13)24-12-20-22-19(24)29-10-18(26)21-17-9-14(2)23-25(17)16-7-8-30(27,28)11-16/h3-6,9,12,16H,7-8,10-11H2,1-2H3,(H,21,26). The van der Waals surface area contributed by atoms with Crippen LogP contribution < -0.4 is 5.32 Å². The molecule has 0 radical (unpaired) electrons. The summed E-state index contributed by atoms with van der Waals surface area (Å²) in [6, 6.07) is 9.45. The fourth-order valence-corrected chi connectivity index (χ4v) is 5.79. The van der Waals surface area contributed by atoms with E-state index >= 15 is 0 Å². The maximum Gasteiger partial charge on any atom is 0.235 e. The van der Waals surface area contributed by atoms with Crippen LogP contribution in [0.25, 0.3) is 5.69 Å². The third-order valence-electron chi connectivity index (χ3n) is 4.84. The van der Waals surface area contributed by atoms with Gasteiger partial charge in [0.05, 0.1) is 29.0 Å². The lowest BCUT2D eigenvalue weighted by Crippen LogP contribution is -2.20. The van der Waals surface area contributed by atoms with Gasteiger partial charge in [-0.2, -0.15) is 5.10 Å². The minimum absolute atomic E-state index is 0.0470. The van der Waals surface area contributed by atoms with Crippen LogP contribution in [0.4, 0.5) is 5.82 Å².